The molecule has 32 heavy (non-hydrogen) atoms. The summed E-state index contributed by atoms with van der Waals surface area (Å²) in [5.74, 6) is 0.708. The van der Waals surface area contributed by atoms with E-state index in [1.807, 2.05) is 41.8 Å². The van der Waals surface area contributed by atoms with Crippen LogP contribution in [0.15, 0.2) is 65.7 Å². The number of nitrogens with one attached hydrogen (secondary N) is 1. The average Bonchev–Trinajstić information content (AvgIpc) is 3.40. The smallest absolute Gasteiger partial charge is 0.282 e. The van der Waals surface area contributed by atoms with Crippen molar-refractivity contribution in [3.05, 3.63) is 76.1 Å². The normalized spacial score (nSPS) is 13.8. The zero-order chi connectivity index (χ0) is 22.8. The van der Waals surface area contributed by atoms with Crippen molar-refractivity contribution in [1.82, 2.24) is 0 Å². The number of carbonyl (C=O) groups is 2. The average molecular weight is 449 g/mol. The Morgan fingerprint density at radius 2 is 1.69 bits per heavy atom. The van der Waals surface area contributed by atoms with E-state index < -0.39 is 5.91 Å². The zero-order valence-electron chi connectivity index (χ0n) is 18.3. The van der Waals surface area contributed by atoms with E-state index in [0.717, 1.165) is 5.56 Å². The molecule has 6 nitrogen and oxygen atoms in total. The second-order valence-electron chi connectivity index (χ2n) is 7.61. The first-order valence-corrected chi connectivity index (χ1v) is 11.1. The maximum Gasteiger partial charge on any atom is 0.282 e. The number of imide groups is 1. The second kappa shape index (κ2) is 8.88. The summed E-state index contributed by atoms with van der Waals surface area (Å²) in [4.78, 5) is 28.9. The molecule has 7 heteroatoms. The van der Waals surface area contributed by atoms with Crippen LogP contribution in [0, 0.1) is 0 Å². The van der Waals surface area contributed by atoms with Gasteiger partial charge in [0.1, 0.15) is 17.2 Å². The fourth-order valence-electron chi connectivity index (χ4n) is 3.58. The molecule has 2 heterocycles. The lowest BCUT2D eigenvalue weighted by atomic mass is 10.0. The highest BCUT2D eigenvalue weighted by Gasteiger charge is 2.41. The largest absolute Gasteiger partial charge is 0.497 e. The quantitative estimate of drug-likeness (QED) is 0.498. The van der Waals surface area contributed by atoms with Crippen molar-refractivity contribution in [2.24, 2.45) is 0 Å². The van der Waals surface area contributed by atoms with E-state index in [0.29, 0.717) is 39.2 Å². The predicted octanol–water partition coefficient (Wildman–Crippen LogP) is 5.29. The molecule has 0 aliphatic carbocycles. The Labute approximate surface area is 191 Å². The first kappa shape index (κ1) is 21.6. The number of benzene rings is 2. The molecule has 1 N–H and O–H groups in total. The molecule has 164 valence electrons. The van der Waals surface area contributed by atoms with E-state index in [2.05, 4.69) is 19.2 Å². The van der Waals surface area contributed by atoms with E-state index in [4.69, 9.17) is 9.47 Å². The Kier molecular flexibility index (Phi) is 6.01. The molecular formula is C25H24N2O4S. The molecule has 3 aromatic rings. The second-order valence-corrected chi connectivity index (χ2v) is 8.56. The number of ether oxygens (including phenoxy) is 2. The van der Waals surface area contributed by atoms with E-state index in [1.165, 1.54) is 16.2 Å². The molecule has 0 spiro atoms. The number of rotatable bonds is 7. The number of thiophene rings is 1. The zero-order valence-corrected chi connectivity index (χ0v) is 19.2. The van der Waals surface area contributed by atoms with Gasteiger partial charge in [-0.1, -0.05) is 32.0 Å². The summed E-state index contributed by atoms with van der Waals surface area (Å²) < 4.78 is 10.8. The summed E-state index contributed by atoms with van der Waals surface area (Å²) in [6, 6.07) is 16.5. The van der Waals surface area contributed by atoms with Crippen LogP contribution >= 0.6 is 11.3 Å². The molecule has 0 radical (unpaired) electrons. The molecule has 0 saturated carbocycles. The minimum Gasteiger partial charge on any atom is -0.497 e. The van der Waals surface area contributed by atoms with E-state index in [1.54, 1.807) is 32.4 Å². The van der Waals surface area contributed by atoms with E-state index in [-0.39, 0.29) is 11.6 Å². The fourth-order valence-corrected chi connectivity index (χ4v) is 4.35. The third kappa shape index (κ3) is 3.87. The molecule has 4 rings (SSSR count). The van der Waals surface area contributed by atoms with Gasteiger partial charge in [-0.25, -0.2) is 4.90 Å². The van der Waals surface area contributed by atoms with Crippen molar-refractivity contribution in [1.29, 1.82) is 0 Å². The van der Waals surface area contributed by atoms with Crippen LogP contribution in [0.5, 0.6) is 11.5 Å². The minimum absolute atomic E-state index is 0.205. The third-order valence-electron chi connectivity index (χ3n) is 5.34. The monoisotopic (exact) mass is 448 g/mol. The van der Waals surface area contributed by atoms with Crippen LogP contribution in [0.3, 0.4) is 0 Å². The molecule has 1 aromatic heterocycles. The standard InChI is InChI=1S/C25H24N2O4S/c1-15(2)16-7-9-17(10-8-16)27-24(28)22(21-6-5-13-32-21)23(25(27)29)26-19-14-18(30-3)11-12-20(19)31-4/h5-15,26H,1-4H3. The van der Waals surface area contributed by atoms with E-state index >= 15 is 0 Å². The van der Waals surface area contributed by atoms with Crippen molar-refractivity contribution in [2.45, 2.75) is 19.8 Å². The van der Waals surface area contributed by atoms with Crippen LogP contribution in [-0.4, -0.2) is 26.0 Å². The summed E-state index contributed by atoms with van der Waals surface area (Å²) >= 11 is 1.41. The van der Waals surface area contributed by atoms with Crippen LogP contribution in [0.2, 0.25) is 0 Å². The first-order chi connectivity index (χ1) is 15.4. The van der Waals surface area contributed by atoms with Crippen LogP contribution in [0.4, 0.5) is 11.4 Å². The molecule has 0 bridgehead atoms. The molecule has 1 aliphatic rings. The molecule has 0 saturated heterocycles. The number of methoxy groups -OCH3 is 2. The Hall–Kier alpha value is -3.58. The maximum atomic E-state index is 13.5. The number of carbonyl (C=O) groups excluding carboxylic acids is 2. The topological polar surface area (TPSA) is 67.9 Å². The predicted molar refractivity (Wildman–Crippen MR) is 127 cm³/mol. The Morgan fingerprint density at radius 1 is 0.938 bits per heavy atom. The first-order valence-electron chi connectivity index (χ1n) is 10.2. The van der Waals surface area contributed by atoms with Gasteiger partial charge in [0.15, 0.2) is 0 Å². The van der Waals surface area contributed by atoms with Gasteiger partial charge in [-0.05, 0) is 47.2 Å². The molecule has 2 amide bonds. The van der Waals surface area contributed by atoms with Gasteiger partial charge in [-0.2, -0.15) is 0 Å². The van der Waals surface area contributed by atoms with Gasteiger partial charge in [0, 0.05) is 10.9 Å². The highest BCUT2D eigenvalue weighted by atomic mass is 32.1. The number of hydrogen-bond acceptors (Lipinski definition) is 6. The van der Waals surface area contributed by atoms with Crippen LogP contribution < -0.4 is 19.7 Å². The minimum atomic E-state index is -0.416. The Morgan fingerprint density at radius 3 is 2.28 bits per heavy atom. The van der Waals surface area contributed by atoms with Gasteiger partial charge in [0.2, 0.25) is 0 Å². The number of amides is 2. The number of anilines is 2. The summed E-state index contributed by atoms with van der Waals surface area (Å²) in [6.45, 7) is 4.20. The van der Waals surface area contributed by atoms with Gasteiger partial charge >= 0.3 is 0 Å². The van der Waals surface area contributed by atoms with E-state index in [9.17, 15) is 9.59 Å². The lowest BCUT2D eigenvalue weighted by Crippen LogP contribution is -2.32. The van der Waals surface area contributed by atoms with Gasteiger partial charge in [0.05, 0.1) is 31.2 Å². The highest BCUT2D eigenvalue weighted by molar-refractivity contribution is 7.11. The van der Waals surface area contributed by atoms with Crippen molar-refractivity contribution < 1.29 is 19.1 Å². The van der Waals surface area contributed by atoms with Gasteiger partial charge in [-0.3, -0.25) is 9.59 Å². The third-order valence-corrected chi connectivity index (χ3v) is 6.22. The molecule has 0 unspecified atom stereocenters. The van der Waals surface area contributed by atoms with Crippen LogP contribution in [-0.2, 0) is 9.59 Å². The van der Waals surface area contributed by atoms with Crippen molar-refractivity contribution in [3.63, 3.8) is 0 Å². The summed E-state index contributed by atoms with van der Waals surface area (Å²) in [7, 11) is 3.11. The number of nitrogens with zero attached hydrogens (tertiary/aromatic N) is 1. The molecule has 2 aromatic carbocycles. The molecule has 0 fully saturated rings. The molecule has 1 aliphatic heterocycles. The highest BCUT2D eigenvalue weighted by Crippen LogP contribution is 2.38. The molecular weight excluding hydrogens is 424 g/mol. The van der Waals surface area contributed by atoms with Crippen molar-refractivity contribution in [3.8, 4) is 11.5 Å². The lowest BCUT2D eigenvalue weighted by Gasteiger charge is -2.17. The van der Waals surface area contributed by atoms with Crippen LogP contribution in [0.1, 0.15) is 30.2 Å². The summed E-state index contributed by atoms with van der Waals surface area (Å²) in [5, 5.41) is 5.03. The fraction of sp³-hybridized carbons (Fsp3) is 0.200. The van der Waals surface area contributed by atoms with Crippen molar-refractivity contribution in [2.75, 3.05) is 24.4 Å². The number of hydrogen-bond donors (Lipinski definition) is 1. The van der Waals surface area contributed by atoms with Crippen molar-refractivity contribution >= 4 is 40.1 Å². The summed E-state index contributed by atoms with van der Waals surface area (Å²) in [6.07, 6.45) is 0. The lowest BCUT2D eigenvalue weighted by molar-refractivity contribution is -0.120. The molecule has 0 atom stereocenters. The van der Waals surface area contributed by atoms with Gasteiger partial charge in [0.25, 0.3) is 11.8 Å². The maximum absolute atomic E-state index is 13.5. The Bertz CT molecular complexity index is 1180. The SMILES string of the molecule is COc1ccc(OC)c(NC2=C(c3cccs3)C(=O)N(c3ccc(C(C)C)cc3)C2=O)c1. The van der Waals surface area contributed by atoms with Crippen LogP contribution in [0.25, 0.3) is 5.57 Å². The van der Waals surface area contributed by atoms with Gasteiger partial charge in [-0.15, -0.1) is 11.3 Å². The van der Waals surface area contributed by atoms with Gasteiger partial charge < -0.3 is 14.8 Å². The Balaban J connectivity index is 1.78. The summed E-state index contributed by atoms with van der Waals surface area (Å²) in [5.41, 5.74) is 2.75.